The summed E-state index contributed by atoms with van der Waals surface area (Å²) in [5, 5.41) is 0. The molecule has 0 radical (unpaired) electrons. The number of carbonyl (C=O) groups is 1. The van der Waals surface area contributed by atoms with Gasteiger partial charge >= 0.3 is 0 Å². The molecule has 0 N–H and O–H groups in total. The molecule has 1 aromatic rings. The molecule has 5 heteroatoms. The van der Waals surface area contributed by atoms with Crippen LogP contribution in [0.4, 0.5) is 0 Å². The standard InChI is InChI=1S/C18H30N4O/c1-3-22-13-9-19-17(22)14-21-11-7-15(8-12-21)16-6-4-5-10-20(2)18(16)23/h9,13,15-16H,3-8,10-12,14H2,1-2H3. The third kappa shape index (κ3) is 3.77. The van der Waals surface area contributed by atoms with E-state index in [4.69, 9.17) is 0 Å². The summed E-state index contributed by atoms with van der Waals surface area (Å²) in [7, 11) is 1.97. The zero-order valence-corrected chi connectivity index (χ0v) is 14.6. The highest BCUT2D eigenvalue weighted by atomic mass is 16.2. The molecule has 5 nitrogen and oxygen atoms in total. The number of likely N-dealkylation sites (tertiary alicyclic amines) is 2. The van der Waals surface area contributed by atoms with E-state index in [0.717, 1.165) is 64.2 Å². The van der Waals surface area contributed by atoms with Gasteiger partial charge in [0.25, 0.3) is 0 Å². The van der Waals surface area contributed by atoms with Crippen molar-refractivity contribution in [2.75, 3.05) is 26.7 Å². The van der Waals surface area contributed by atoms with Crippen molar-refractivity contribution in [3.8, 4) is 0 Å². The largest absolute Gasteiger partial charge is 0.346 e. The third-order valence-electron chi connectivity index (χ3n) is 5.66. The summed E-state index contributed by atoms with van der Waals surface area (Å²) in [5.74, 6) is 2.39. The van der Waals surface area contributed by atoms with E-state index in [9.17, 15) is 4.79 Å². The molecule has 3 heterocycles. The van der Waals surface area contributed by atoms with Crippen LogP contribution >= 0.6 is 0 Å². The molecule has 3 rings (SSSR count). The van der Waals surface area contributed by atoms with Gasteiger partial charge in [0.1, 0.15) is 5.82 Å². The number of imidazole rings is 1. The zero-order chi connectivity index (χ0) is 16.2. The van der Waals surface area contributed by atoms with Gasteiger partial charge in [-0.25, -0.2) is 4.98 Å². The topological polar surface area (TPSA) is 41.4 Å². The minimum Gasteiger partial charge on any atom is -0.346 e. The lowest BCUT2D eigenvalue weighted by molar-refractivity contribution is -0.136. The van der Waals surface area contributed by atoms with Gasteiger partial charge in [-0.1, -0.05) is 6.42 Å². The Morgan fingerprint density at radius 1 is 1.17 bits per heavy atom. The Morgan fingerprint density at radius 3 is 2.70 bits per heavy atom. The summed E-state index contributed by atoms with van der Waals surface area (Å²) in [6.07, 6.45) is 9.71. The molecule has 2 fully saturated rings. The molecule has 1 atom stereocenters. The minimum atomic E-state index is 0.266. The molecule has 2 saturated heterocycles. The quantitative estimate of drug-likeness (QED) is 0.856. The molecule has 0 aliphatic carbocycles. The highest BCUT2D eigenvalue weighted by Gasteiger charge is 2.34. The van der Waals surface area contributed by atoms with Crippen molar-refractivity contribution in [1.29, 1.82) is 0 Å². The Kier molecular flexibility index (Phi) is 5.36. The number of aryl methyl sites for hydroxylation is 1. The fraction of sp³-hybridized carbons (Fsp3) is 0.778. The summed E-state index contributed by atoms with van der Waals surface area (Å²) < 4.78 is 2.22. The molecule has 0 aromatic carbocycles. The van der Waals surface area contributed by atoms with Crippen LogP contribution in [0, 0.1) is 11.8 Å². The Labute approximate surface area is 139 Å². The smallest absolute Gasteiger partial charge is 0.225 e. The van der Waals surface area contributed by atoms with Crippen molar-refractivity contribution in [1.82, 2.24) is 19.4 Å². The molecule has 0 saturated carbocycles. The van der Waals surface area contributed by atoms with Gasteiger partial charge in [0.15, 0.2) is 0 Å². The van der Waals surface area contributed by atoms with E-state index in [0.29, 0.717) is 11.8 Å². The first-order valence-corrected chi connectivity index (χ1v) is 9.16. The first kappa shape index (κ1) is 16.5. The molecule has 2 aliphatic heterocycles. The Hall–Kier alpha value is -1.36. The van der Waals surface area contributed by atoms with E-state index in [1.165, 1.54) is 6.42 Å². The maximum atomic E-state index is 12.6. The maximum Gasteiger partial charge on any atom is 0.225 e. The van der Waals surface area contributed by atoms with Gasteiger partial charge in [-0.3, -0.25) is 9.69 Å². The van der Waals surface area contributed by atoms with Gasteiger partial charge in [0.05, 0.1) is 6.54 Å². The molecule has 23 heavy (non-hydrogen) atoms. The predicted molar refractivity (Wildman–Crippen MR) is 90.9 cm³/mol. The molecule has 0 spiro atoms. The molecule has 1 aromatic heterocycles. The second-order valence-electron chi connectivity index (χ2n) is 7.11. The number of rotatable bonds is 4. The normalized spacial score (nSPS) is 24.9. The SMILES string of the molecule is CCn1ccnc1CN1CCC(C2CCCCN(C)C2=O)CC1. The third-order valence-corrected chi connectivity index (χ3v) is 5.66. The van der Waals surface area contributed by atoms with E-state index in [1.807, 2.05) is 18.1 Å². The summed E-state index contributed by atoms with van der Waals surface area (Å²) in [4.78, 5) is 21.5. The summed E-state index contributed by atoms with van der Waals surface area (Å²) >= 11 is 0. The van der Waals surface area contributed by atoms with Gasteiger partial charge in [-0.2, -0.15) is 0 Å². The van der Waals surface area contributed by atoms with E-state index in [2.05, 4.69) is 27.6 Å². The molecular weight excluding hydrogens is 288 g/mol. The average Bonchev–Trinajstić information content (AvgIpc) is 2.95. The summed E-state index contributed by atoms with van der Waals surface area (Å²) in [6.45, 7) is 7.20. The lowest BCUT2D eigenvalue weighted by atomic mass is 9.81. The van der Waals surface area contributed by atoms with Crippen LogP contribution in [0.1, 0.15) is 44.9 Å². The van der Waals surface area contributed by atoms with Gasteiger partial charge in [-0.15, -0.1) is 0 Å². The van der Waals surface area contributed by atoms with E-state index in [-0.39, 0.29) is 5.92 Å². The van der Waals surface area contributed by atoms with Gasteiger partial charge < -0.3 is 9.47 Å². The van der Waals surface area contributed by atoms with Crippen molar-refractivity contribution in [3.05, 3.63) is 18.2 Å². The predicted octanol–water partition coefficient (Wildman–Crippen LogP) is 2.37. The van der Waals surface area contributed by atoms with Gasteiger partial charge in [-0.05, 0) is 51.6 Å². The van der Waals surface area contributed by atoms with Crippen LogP contribution < -0.4 is 0 Å². The van der Waals surface area contributed by atoms with Crippen LogP contribution in [0.15, 0.2) is 12.4 Å². The highest BCUT2D eigenvalue weighted by Crippen LogP contribution is 2.32. The molecule has 1 unspecified atom stereocenters. The molecule has 0 bridgehead atoms. The van der Waals surface area contributed by atoms with Crippen LogP contribution in [-0.4, -0.2) is 51.9 Å². The Bertz CT molecular complexity index is 519. The van der Waals surface area contributed by atoms with Crippen molar-refractivity contribution in [2.45, 2.75) is 52.1 Å². The summed E-state index contributed by atoms with van der Waals surface area (Å²) in [5.41, 5.74) is 0. The van der Waals surface area contributed by atoms with Gasteiger partial charge in [0.2, 0.25) is 5.91 Å². The second kappa shape index (κ2) is 7.47. The van der Waals surface area contributed by atoms with Crippen molar-refractivity contribution >= 4 is 5.91 Å². The number of nitrogens with zero attached hydrogens (tertiary/aromatic N) is 4. The van der Waals surface area contributed by atoms with Crippen LogP contribution in [-0.2, 0) is 17.9 Å². The lowest BCUT2D eigenvalue weighted by Gasteiger charge is -2.35. The number of hydrogen-bond donors (Lipinski definition) is 0. The molecule has 2 aliphatic rings. The first-order chi connectivity index (χ1) is 11.2. The molecular formula is C18H30N4O. The van der Waals surface area contributed by atoms with Crippen molar-refractivity contribution in [3.63, 3.8) is 0 Å². The Morgan fingerprint density at radius 2 is 1.96 bits per heavy atom. The zero-order valence-electron chi connectivity index (χ0n) is 14.6. The average molecular weight is 318 g/mol. The van der Waals surface area contributed by atoms with E-state index < -0.39 is 0 Å². The summed E-state index contributed by atoms with van der Waals surface area (Å²) in [6, 6.07) is 0. The first-order valence-electron chi connectivity index (χ1n) is 9.16. The lowest BCUT2D eigenvalue weighted by Crippen LogP contribution is -2.41. The maximum absolute atomic E-state index is 12.6. The molecule has 1 amide bonds. The fourth-order valence-electron chi connectivity index (χ4n) is 4.16. The second-order valence-corrected chi connectivity index (χ2v) is 7.11. The Balaban J connectivity index is 1.54. The van der Waals surface area contributed by atoms with Crippen molar-refractivity contribution in [2.24, 2.45) is 11.8 Å². The number of piperidine rings is 1. The van der Waals surface area contributed by atoms with Crippen LogP contribution in [0.25, 0.3) is 0 Å². The highest BCUT2D eigenvalue weighted by molar-refractivity contribution is 5.79. The van der Waals surface area contributed by atoms with Crippen LogP contribution in [0.3, 0.4) is 0 Å². The van der Waals surface area contributed by atoms with Crippen LogP contribution in [0.5, 0.6) is 0 Å². The minimum absolute atomic E-state index is 0.266. The monoisotopic (exact) mass is 318 g/mol. The van der Waals surface area contributed by atoms with Crippen molar-refractivity contribution < 1.29 is 4.79 Å². The van der Waals surface area contributed by atoms with E-state index in [1.54, 1.807) is 0 Å². The van der Waals surface area contributed by atoms with Gasteiger partial charge in [0, 0.05) is 38.4 Å². The number of hydrogen-bond acceptors (Lipinski definition) is 3. The number of aromatic nitrogens is 2. The molecule has 128 valence electrons. The number of carbonyl (C=O) groups excluding carboxylic acids is 1. The van der Waals surface area contributed by atoms with Crippen LogP contribution in [0.2, 0.25) is 0 Å². The fourth-order valence-corrected chi connectivity index (χ4v) is 4.16. The van der Waals surface area contributed by atoms with E-state index >= 15 is 0 Å². The number of amides is 1.